The fourth-order valence-electron chi connectivity index (χ4n) is 5.39. The summed E-state index contributed by atoms with van der Waals surface area (Å²) in [6.45, 7) is -5.06. The Morgan fingerprint density at radius 2 is 1.30 bits per heavy atom. The first-order valence-electron chi connectivity index (χ1n) is 13.1. The smallest absolute Gasteiger partial charge is 0.325 e. The molecule has 0 spiro atoms. The second kappa shape index (κ2) is 11.6. The summed E-state index contributed by atoms with van der Waals surface area (Å²) in [5.74, 6) is -0.389. The number of nitrogens with one attached hydrogen (secondary N) is 2. The molecule has 9 N–H and O–H groups in total. The Bertz CT molecular complexity index is 1910. The number of fused-ring (bicyclic) bond motifs is 4. The molecule has 0 saturated carbocycles. The van der Waals surface area contributed by atoms with Crippen molar-refractivity contribution in [1.29, 1.82) is 0 Å². The molecule has 248 valence electrons. The zero-order valence-electron chi connectivity index (χ0n) is 22.8. The number of hydrogen-bond donors (Lipinski definition) is 8. The number of hydrogen-bond acceptors (Lipinski definition) is 18. The number of imidazole rings is 2. The monoisotopic (exact) mass is 738 g/mol. The molecular weight excluding hydrogens is 714 g/mol. The summed E-state index contributed by atoms with van der Waals surface area (Å²) in [7, 11) is 0. The number of aromatic amines is 2. The lowest BCUT2D eigenvalue weighted by molar-refractivity contribution is -0.0561. The normalized spacial score (nSPS) is 37.1. The lowest BCUT2D eigenvalue weighted by Crippen LogP contribution is -2.38. The Morgan fingerprint density at radius 3 is 1.80 bits per heavy atom. The lowest BCUT2D eigenvalue weighted by atomic mass is 10.1. The molecule has 6 unspecified atom stereocenters. The summed E-state index contributed by atoms with van der Waals surface area (Å²) in [5.41, 5.74) is 6.55. The molecule has 0 amide bonds. The van der Waals surface area contributed by atoms with Crippen LogP contribution in [0.5, 0.6) is 0 Å². The Labute approximate surface area is 270 Å². The minimum Gasteiger partial charge on any atom is -0.386 e. The summed E-state index contributed by atoms with van der Waals surface area (Å²) >= 11 is 15.2. The number of anilines is 2. The van der Waals surface area contributed by atoms with E-state index >= 15 is 0 Å². The van der Waals surface area contributed by atoms with E-state index in [0.29, 0.717) is 0 Å². The fraction of sp³-hybridized carbons (Fsp3) is 0.500. The molecule has 4 aromatic heterocycles. The van der Waals surface area contributed by atoms with E-state index in [1.807, 2.05) is 0 Å². The van der Waals surface area contributed by atoms with Gasteiger partial charge in [-0.05, 0) is 23.6 Å². The van der Waals surface area contributed by atoms with Crippen molar-refractivity contribution in [3.63, 3.8) is 0 Å². The third-order valence-corrected chi connectivity index (χ3v) is 11.1. The summed E-state index contributed by atoms with van der Waals surface area (Å²) in [5, 5.41) is 22.6. The van der Waals surface area contributed by atoms with Crippen molar-refractivity contribution in [2.75, 3.05) is 24.7 Å². The van der Waals surface area contributed by atoms with E-state index in [9.17, 15) is 24.7 Å². The van der Waals surface area contributed by atoms with E-state index < -0.39 is 85.8 Å². The van der Waals surface area contributed by atoms with Gasteiger partial charge in [0.05, 0.1) is 25.9 Å². The van der Waals surface area contributed by atoms with Gasteiger partial charge in [-0.3, -0.25) is 33.2 Å². The predicted molar refractivity (Wildman–Crippen MR) is 166 cm³/mol. The van der Waals surface area contributed by atoms with Crippen molar-refractivity contribution >= 4 is 82.5 Å². The molecule has 0 aromatic carbocycles. The highest BCUT2D eigenvalue weighted by Crippen LogP contribution is 2.58. The SMILES string of the molecule is Nc1nc2c(ncn2[C@@H]2O[C@@H]3COP(=S)(S)OC4C(O)[C@H](n5cnc6c(=O)[nH]c(N)nc65)O[C@@H]4COP(O)(=S)OC3C2O)c(=O)[nH]1. The molecule has 3 aliphatic rings. The van der Waals surface area contributed by atoms with Crippen molar-refractivity contribution in [3.05, 3.63) is 33.4 Å². The number of nitrogens with zero attached hydrogens (tertiary/aromatic N) is 6. The molecule has 3 fully saturated rings. The number of nitrogen functional groups attached to an aromatic ring is 2. The molecule has 4 aromatic rings. The first-order chi connectivity index (χ1) is 21.7. The van der Waals surface area contributed by atoms with Crippen LogP contribution in [0.3, 0.4) is 0 Å². The maximum Gasteiger partial charge on any atom is 0.325 e. The van der Waals surface area contributed by atoms with Crippen LogP contribution in [-0.2, 0) is 51.2 Å². The summed E-state index contributed by atoms with van der Waals surface area (Å²) in [4.78, 5) is 56.5. The second-order valence-electron chi connectivity index (χ2n) is 10.3. The molecule has 3 saturated heterocycles. The molecule has 3 aliphatic heterocycles. The Kier molecular flexibility index (Phi) is 8.13. The van der Waals surface area contributed by atoms with E-state index in [2.05, 4.69) is 42.2 Å². The van der Waals surface area contributed by atoms with E-state index in [0.717, 1.165) is 0 Å². The number of aliphatic hydroxyl groups excluding tert-OH is 2. The molecule has 0 aliphatic carbocycles. The molecule has 0 radical (unpaired) electrons. The molecule has 21 nitrogen and oxygen atoms in total. The Morgan fingerprint density at radius 1 is 0.848 bits per heavy atom. The van der Waals surface area contributed by atoms with E-state index in [4.69, 9.17) is 62.6 Å². The second-order valence-corrected chi connectivity index (χ2v) is 18.4. The Balaban J connectivity index is 1.18. The van der Waals surface area contributed by atoms with E-state index in [-0.39, 0.29) is 34.2 Å². The molecular formula is C20H24N10O11P2S3. The number of aliphatic hydroxyl groups is 2. The fourth-order valence-corrected chi connectivity index (χ4v) is 8.81. The van der Waals surface area contributed by atoms with Crippen LogP contribution in [0.15, 0.2) is 22.2 Å². The molecule has 10 atom stereocenters. The van der Waals surface area contributed by atoms with Gasteiger partial charge in [-0.2, -0.15) is 9.97 Å². The third-order valence-electron chi connectivity index (χ3n) is 7.38. The minimum atomic E-state index is -4.17. The average molecular weight is 739 g/mol. The van der Waals surface area contributed by atoms with Gasteiger partial charge in [0.25, 0.3) is 11.1 Å². The van der Waals surface area contributed by atoms with Crippen LogP contribution < -0.4 is 22.6 Å². The van der Waals surface area contributed by atoms with Crippen molar-refractivity contribution in [1.82, 2.24) is 39.0 Å². The van der Waals surface area contributed by atoms with Crippen molar-refractivity contribution < 1.29 is 42.7 Å². The van der Waals surface area contributed by atoms with Crippen molar-refractivity contribution in [3.8, 4) is 0 Å². The number of H-pyrrole nitrogens is 2. The molecule has 46 heavy (non-hydrogen) atoms. The van der Waals surface area contributed by atoms with Gasteiger partial charge in [-0.15, -0.1) is 0 Å². The molecule has 26 heteroatoms. The lowest BCUT2D eigenvalue weighted by Gasteiger charge is -2.30. The highest BCUT2D eigenvalue weighted by molar-refractivity contribution is 8.60. The first-order valence-corrected chi connectivity index (χ1v) is 19.5. The highest BCUT2D eigenvalue weighted by Gasteiger charge is 2.52. The number of aromatic nitrogens is 8. The maximum atomic E-state index is 12.3. The van der Waals surface area contributed by atoms with Crippen LogP contribution in [0.1, 0.15) is 12.5 Å². The topological polar surface area (TPSA) is 295 Å². The van der Waals surface area contributed by atoms with Crippen LogP contribution in [0.4, 0.5) is 11.9 Å². The van der Waals surface area contributed by atoms with Crippen LogP contribution in [0, 0.1) is 0 Å². The van der Waals surface area contributed by atoms with Crippen LogP contribution >= 0.6 is 24.7 Å². The zero-order valence-corrected chi connectivity index (χ0v) is 27.1. The van der Waals surface area contributed by atoms with Gasteiger partial charge in [0, 0.05) is 0 Å². The predicted octanol–water partition coefficient (Wildman–Crippen LogP) is -1.88. The maximum absolute atomic E-state index is 12.3. The van der Waals surface area contributed by atoms with Gasteiger partial charge in [0.2, 0.25) is 17.6 Å². The number of rotatable bonds is 2. The van der Waals surface area contributed by atoms with Gasteiger partial charge < -0.3 is 49.6 Å². The van der Waals surface area contributed by atoms with Crippen LogP contribution in [-0.4, -0.2) is 104 Å². The van der Waals surface area contributed by atoms with Gasteiger partial charge >= 0.3 is 6.72 Å². The third kappa shape index (κ3) is 5.71. The van der Waals surface area contributed by atoms with Gasteiger partial charge in [-0.1, -0.05) is 12.2 Å². The zero-order chi connectivity index (χ0) is 32.7. The van der Waals surface area contributed by atoms with E-state index in [1.54, 1.807) is 0 Å². The number of ether oxygens (including phenoxy) is 2. The van der Waals surface area contributed by atoms with Gasteiger partial charge in [0.15, 0.2) is 34.8 Å². The van der Waals surface area contributed by atoms with Crippen LogP contribution in [0.2, 0.25) is 0 Å². The van der Waals surface area contributed by atoms with E-state index in [1.165, 1.54) is 21.8 Å². The summed E-state index contributed by atoms with van der Waals surface area (Å²) in [6.07, 6.45) is -7.99. The first kappa shape index (κ1) is 32.2. The standard InChI is InChI=1S/C20H24N10O11P2S3/c21-19-25-13-7(15(33)27-19)23-3-29(13)17-9(31)11-6(39-17)2-37-43(45,46)41-12-5(1-36-42(35,44)40-11)38-18(10(12)32)30-4-24-8-14(30)26-20(22)28-16(8)34/h3-6,9-12,17-18,31-32H,1-2H2,(H,35,44)(H,45,46)(H3,21,25,27,33)(H3,22,26,28,34)/t5-,6-,9?,10?,11?,12?,17-,18-,42?/m1/s1. The van der Waals surface area contributed by atoms with Crippen molar-refractivity contribution in [2.24, 2.45) is 0 Å². The average Bonchev–Trinajstić information content (AvgIpc) is 3.72. The molecule has 7 heterocycles. The summed E-state index contributed by atoms with van der Waals surface area (Å²) < 4.78 is 37.7. The van der Waals surface area contributed by atoms with Gasteiger partial charge in [-0.25, -0.2) is 9.97 Å². The van der Waals surface area contributed by atoms with Crippen LogP contribution in [0.25, 0.3) is 22.3 Å². The number of thiol groups is 1. The number of nitrogens with two attached hydrogens (primary N) is 2. The quantitative estimate of drug-likeness (QED) is 0.0825. The van der Waals surface area contributed by atoms with Gasteiger partial charge in [0.1, 0.15) is 36.6 Å². The van der Waals surface area contributed by atoms with Crippen molar-refractivity contribution in [2.45, 2.75) is 49.1 Å². The largest absolute Gasteiger partial charge is 0.386 e. The molecule has 0 bridgehead atoms. The molecule has 7 rings (SSSR count). The minimum absolute atomic E-state index is 0.00698. The Hall–Kier alpha value is -2.41. The summed E-state index contributed by atoms with van der Waals surface area (Å²) in [6, 6.07) is 0. The highest BCUT2D eigenvalue weighted by atomic mass is 32.9.